The molecule has 0 aliphatic rings. The van der Waals surface area contributed by atoms with Gasteiger partial charge < -0.3 is 0 Å². The van der Waals surface area contributed by atoms with Gasteiger partial charge in [0.05, 0.1) is 0 Å². The van der Waals surface area contributed by atoms with Crippen LogP contribution in [0.4, 0.5) is 0 Å². The van der Waals surface area contributed by atoms with Crippen molar-refractivity contribution in [1.82, 2.24) is 0 Å². The molecule has 0 aliphatic carbocycles. The zero-order chi connectivity index (χ0) is 8.43. The van der Waals surface area contributed by atoms with E-state index in [4.69, 9.17) is 0 Å². The van der Waals surface area contributed by atoms with Crippen LogP contribution in [-0.4, -0.2) is 0 Å². The lowest BCUT2D eigenvalue weighted by atomic mass is 10.4. The minimum absolute atomic E-state index is 0.788. The van der Waals surface area contributed by atoms with Crippen LogP contribution in [0.25, 0.3) is 9.81 Å². The van der Waals surface area contributed by atoms with Gasteiger partial charge in [-0.1, -0.05) is 13.2 Å². The molecule has 11 heavy (non-hydrogen) atoms. The Bertz CT molecular complexity index is 268. The quantitative estimate of drug-likeness (QED) is 0.670. The third kappa shape index (κ3) is 2.15. The largest absolute Gasteiger partial charge is 0.143 e. The molecule has 0 unspecified atom stereocenters. The normalized spacial score (nSPS) is 9.64. The first-order chi connectivity index (χ1) is 5.11. The molecule has 3 heteroatoms. The van der Waals surface area contributed by atoms with Crippen molar-refractivity contribution in [2.45, 2.75) is 0 Å². The van der Waals surface area contributed by atoms with E-state index in [9.17, 15) is 0 Å². The fourth-order valence-electron chi connectivity index (χ4n) is 0.648. The Balaban J connectivity index is 2.99. The SMILES string of the molecule is C=C(S)c1ccc(C(=C)S)s1. The molecule has 0 aromatic carbocycles. The summed E-state index contributed by atoms with van der Waals surface area (Å²) in [6.45, 7) is 7.44. The van der Waals surface area contributed by atoms with Crippen LogP contribution in [0.1, 0.15) is 9.75 Å². The van der Waals surface area contributed by atoms with Crippen LogP contribution < -0.4 is 0 Å². The summed E-state index contributed by atoms with van der Waals surface area (Å²) in [4.78, 5) is 3.71. The Morgan fingerprint density at radius 1 is 1.09 bits per heavy atom. The van der Waals surface area contributed by atoms with E-state index < -0.39 is 0 Å². The smallest absolute Gasteiger partial charge is 0.0404 e. The number of hydrogen-bond acceptors (Lipinski definition) is 3. The van der Waals surface area contributed by atoms with E-state index in [1.807, 2.05) is 12.1 Å². The molecule has 0 saturated heterocycles. The average molecular weight is 200 g/mol. The van der Waals surface area contributed by atoms with Crippen molar-refractivity contribution in [1.29, 1.82) is 0 Å². The molecule has 1 aromatic heterocycles. The van der Waals surface area contributed by atoms with Gasteiger partial charge in [-0.2, -0.15) is 0 Å². The first kappa shape index (κ1) is 8.97. The molecule has 0 bridgehead atoms. The molecule has 1 heterocycles. The third-order valence-corrected chi connectivity index (χ3v) is 3.16. The van der Waals surface area contributed by atoms with Gasteiger partial charge in [-0.15, -0.1) is 36.6 Å². The standard InChI is InChI=1S/C8H8S3/c1-5(9)7-3-4-8(11-7)6(2)10/h3-4,9-10H,1-2H2. The summed E-state index contributed by atoms with van der Waals surface area (Å²) in [6.07, 6.45) is 0. The maximum Gasteiger partial charge on any atom is 0.0404 e. The molecule has 1 rings (SSSR count). The second-order valence-corrected chi connectivity index (χ2v) is 4.22. The van der Waals surface area contributed by atoms with Gasteiger partial charge in [-0.05, 0) is 12.1 Å². The average Bonchev–Trinajstić information content (AvgIpc) is 2.33. The van der Waals surface area contributed by atoms with E-state index in [0.29, 0.717) is 0 Å². The zero-order valence-corrected chi connectivity index (χ0v) is 8.48. The molecule has 58 valence electrons. The van der Waals surface area contributed by atoms with Gasteiger partial charge >= 0.3 is 0 Å². The lowest BCUT2D eigenvalue weighted by molar-refractivity contribution is 1.91. The number of rotatable bonds is 2. The maximum atomic E-state index is 4.13. The Morgan fingerprint density at radius 3 is 1.64 bits per heavy atom. The minimum Gasteiger partial charge on any atom is -0.143 e. The van der Waals surface area contributed by atoms with Gasteiger partial charge in [0.2, 0.25) is 0 Å². The third-order valence-electron chi connectivity index (χ3n) is 1.17. The Morgan fingerprint density at radius 2 is 1.45 bits per heavy atom. The molecule has 1 aromatic rings. The second kappa shape index (κ2) is 3.52. The summed E-state index contributed by atoms with van der Waals surface area (Å²) in [7, 11) is 0. The number of thiol groups is 2. The molecule has 0 spiro atoms. The molecule has 0 fully saturated rings. The van der Waals surface area contributed by atoms with Crippen LogP contribution >= 0.6 is 36.6 Å². The molecule has 0 saturated carbocycles. The molecule has 0 N–H and O–H groups in total. The second-order valence-electron chi connectivity index (χ2n) is 2.06. The van der Waals surface area contributed by atoms with Crippen LogP contribution in [0, 0.1) is 0 Å². The highest BCUT2D eigenvalue weighted by Crippen LogP contribution is 2.30. The van der Waals surface area contributed by atoms with Gasteiger partial charge in [0.15, 0.2) is 0 Å². The van der Waals surface area contributed by atoms with Crippen molar-refractivity contribution in [3.63, 3.8) is 0 Å². The molecule has 0 aliphatic heterocycles. The number of hydrogen-bond donors (Lipinski definition) is 2. The van der Waals surface area contributed by atoms with Crippen molar-refractivity contribution >= 4 is 46.4 Å². The van der Waals surface area contributed by atoms with Crippen molar-refractivity contribution < 1.29 is 0 Å². The van der Waals surface area contributed by atoms with Gasteiger partial charge in [0.1, 0.15) is 0 Å². The van der Waals surface area contributed by atoms with E-state index in [2.05, 4.69) is 38.4 Å². The molecule has 0 amide bonds. The maximum absolute atomic E-state index is 4.13. The molecule has 0 radical (unpaired) electrons. The van der Waals surface area contributed by atoms with Crippen LogP contribution in [0.15, 0.2) is 25.3 Å². The Kier molecular flexibility index (Phi) is 2.87. The van der Waals surface area contributed by atoms with Crippen molar-refractivity contribution in [3.8, 4) is 0 Å². The van der Waals surface area contributed by atoms with E-state index >= 15 is 0 Å². The monoisotopic (exact) mass is 200 g/mol. The highest BCUT2D eigenvalue weighted by atomic mass is 32.1. The zero-order valence-electron chi connectivity index (χ0n) is 5.87. The minimum atomic E-state index is 0.788. The summed E-state index contributed by atoms with van der Waals surface area (Å²) in [5.74, 6) is 0. The predicted octanol–water partition coefficient (Wildman–Crippen LogP) is 3.55. The van der Waals surface area contributed by atoms with Crippen molar-refractivity contribution in [2.24, 2.45) is 0 Å². The molecule has 0 atom stereocenters. The predicted molar refractivity (Wildman–Crippen MR) is 60.4 cm³/mol. The van der Waals surface area contributed by atoms with E-state index in [1.54, 1.807) is 11.3 Å². The fraction of sp³-hybridized carbons (Fsp3) is 0. The number of thiophene rings is 1. The van der Waals surface area contributed by atoms with Gasteiger partial charge in [0.25, 0.3) is 0 Å². The van der Waals surface area contributed by atoms with Crippen molar-refractivity contribution in [3.05, 3.63) is 35.0 Å². The topological polar surface area (TPSA) is 0 Å². The van der Waals surface area contributed by atoms with E-state index in [1.165, 1.54) is 0 Å². The van der Waals surface area contributed by atoms with E-state index in [0.717, 1.165) is 19.6 Å². The summed E-state index contributed by atoms with van der Waals surface area (Å²) >= 11 is 9.86. The Hall–Kier alpha value is -0.120. The summed E-state index contributed by atoms with van der Waals surface area (Å²) in [5, 5.41) is 0. The first-order valence-electron chi connectivity index (χ1n) is 2.97. The highest BCUT2D eigenvalue weighted by Gasteiger charge is 2.00. The fourth-order valence-corrected chi connectivity index (χ4v) is 1.82. The summed E-state index contributed by atoms with van der Waals surface area (Å²) < 4.78 is 0. The van der Waals surface area contributed by atoms with E-state index in [-0.39, 0.29) is 0 Å². The lowest BCUT2D eigenvalue weighted by Gasteiger charge is -1.90. The Labute approximate surface area is 81.5 Å². The van der Waals surface area contributed by atoms with Crippen LogP contribution in [0.5, 0.6) is 0 Å². The van der Waals surface area contributed by atoms with Crippen LogP contribution in [0.3, 0.4) is 0 Å². The first-order valence-corrected chi connectivity index (χ1v) is 4.68. The van der Waals surface area contributed by atoms with Gasteiger partial charge in [0, 0.05) is 19.6 Å². The summed E-state index contributed by atoms with van der Waals surface area (Å²) in [5.41, 5.74) is 0. The molecular weight excluding hydrogens is 192 g/mol. The highest BCUT2D eigenvalue weighted by molar-refractivity contribution is 7.91. The van der Waals surface area contributed by atoms with Gasteiger partial charge in [-0.25, -0.2) is 0 Å². The van der Waals surface area contributed by atoms with Crippen LogP contribution in [0.2, 0.25) is 0 Å². The van der Waals surface area contributed by atoms with Crippen LogP contribution in [-0.2, 0) is 0 Å². The molecule has 0 nitrogen and oxygen atoms in total. The van der Waals surface area contributed by atoms with Crippen molar-refractivity contribution in [2.75, 3.05) is 0 Å². The van der Waals surface area contributed by atoms with Gasteiger partial charge in [-0.3, -0.25) is 0 Å². The lowest BCUT2D eigenvalue weighted by Crippen LogP contribution is -1.60. The molecular formula is C8H8S3. The summed E-state index contributed by atoms with van der Waals surface area (Å²) in [6, 6.07) is 3.94.